The Labute approximate surface area is 166 Å². The molecule has 1 aliphatic heterocycles. The van der Waals surface area contributed by atoms with E-state index >= 15 is 0 Å². The van der Waals surface area contributed by atoms with Crippen molar-refractivity contribution in [2.24, 2.45) is 5.10 Å². The van der Waals surface area contributed by atoms with Crippen molar-refractivity contribution >= 4 is 38.9 Å². The minimum atomic E-state index is -0.190. The molecule has 2 aliphatic rings. The topological polar surface area (TPSA) is 67.6 Å². The van der Waals surface area contributed by atoms with Gasteiger partial charge in [-0.05, 0) is 51.2 Å². The summed E-state index contributed by atoms with van der Waals surface area (Å²) in [6.07, 6.45) is 5.62. The number of carbonyl (C=O) groups is 1. The molecule has 0 fully saturated rings. The monoisotopic (exact) mass is 392 g/mol. The van der Waals surface area contributed by atoms with Gasteiger partial charge in [0.25, 0.3) is 11.5 Å². The summed E-state index contributed by atoms with van der Waals surface area (Å²) in [5.74, 6) is -0.185. The van der Waals surface area contributed by atoms with E-state index in [4.69, 9.17) is 0 Å². The number of aryl methyl sites for hydroxylation is 2. The molecule has 0 bridgehead atoms. The first kappa shape index (κ1) is 17.3. The highest BCUT2D eigenvalue weighted by Gasteiger charge is 2.35. The molecule has 7 heteroatoms. The molecule has 0 unspecified atom stereocenters. The summed E-state index contributed by atoms with van der Waals surface area (Å²) in [6.45, 7) is 3.93. The number of benzene rings is 1. The average Bonchev–Trinajstić information content (AvgIpc) is 3.20. The Morgan fingerprint density at radius 1 is 1.14 bits per heavy atom. The number of amides is 1. The van der Waals surface area contributed by atoms with E-state index in [0.29, 0.717) is 5.39 Å². The van der Waals surface area contributed by atoms with Crippen LogP contribution in [0.5, 0.6) is 0 Å². The molecule has 0 saturated carbocycles. The van der Waals surface area contributed by atoms with Crippen LogP contribution >= 0.6 is 11.3 Å². The lowest BCUT2D eigenvalue weighted by Crippen LogP contribution is -2.36. The van der Waals surface area contributed by atoms with Gasteiger partial charge in [-0.15, -0.1) is 11.3 Å². The molecule has 0 atom stereocenters. The van der Waals surface area contributed by atoms with Gasteiger partial charge >= 0.3 is 0 Å². The van der Waals surface area contributed by atoms with Crippen LogP contribution in [0.3, 0.4) is 0 Å². The van der Waals surface area contributed by atoms with E-state index < -0.39 is 0 Å². The van der Waals surface area contributed by atoms with Crippen molar-refractivity contribution in [1.82, 2.24) is 9.66 Å². The minimum Gasteiger partial charge on any atom is -0.304 e. The van der Waals surface area contributed by atoms with Gasteiger partial charge in [0.15, 0.2) is 5.71 Å². The fourth-order valence-electron chi connectivity index (χ4n) is 4.15. The maximum atomic E-state index is 13.2. The third-order valence-electron chi connectivity index (χ3n) is 5.42. The Kier molecular flexibility index (Phi) is 3.94. The van der Waals surface area contributed by atoms with Crippen LogP contribution in [0.15, 0.2) is 40.5 Å². The lowest BCUT2D eigenvalue weighted by molar-refractivity contribution is -0.112. The van der Waals surface area contributed by atoms with Gasteiger partial charge in [-0.3, -0.25) is 9.59 Å². The number of nitrogens with zero attached hydrogens (tertiary/aromatic N) is 4. The highest BCUT2D eigenvalue weighted by atomic mass is 32.1. The van der Waals surface area contributed by atoms with E-state index in [1.807, 2.05) is 38.1 Å². The number of anilines is 1. The van der Waals surface area contributed by atoms with Gasteiger partial charge in [0.2, 0.25) is 0 Å². The number of rotatable bonds is 2. The maximum Gasteiger partial charge on any atom is 0.282 e. The lowest BCUT2D eigenvalue weighted by atomic mass is 9.97. The van der Waals surface area contributed by atoms with Crippen LogP contribution in [0.1, 0.15) is 42.7 Å². The molecule has 6 nitrogen and oxygen atoms in total. The molecule has 0 radical (unpaired) electrons. The summed E-state index contributed by atoms with van der Waals surface area (Å²) in [7, 11) is 0. The number of carbonyl (C=O) groups excluding carboxylic acids is 1. The smallest absolute Gasteiger partial charge is 0.282 e. The zero-order valence-corrected chi connectivity index (χ0v) is 16.6. The summed E-state index contributed by atoms with van der Waals surface area (Å²) in [5.41, 5.74) is 2.80. The van der Waals surface area contributed by atoms with E-state index in [0.717, 1.165) is 47.3 Å². The Hall–Kier alpha value is -2.80. The predicted octanol–water partition coefficient (Wildman–Crippen LogP) is 3.34. The zero-order chi connectivity index (χ0) is 19.4. The lowest BCUT2D eigenvalue weighted by Gasteiger charge is -2.20. The van der Waals surface area contributed by atoms with Crippen molar-refractivity contribution in [1.29, 1.82) is 0 Å². The van der Waals surface area contributed by atoms with Gasteiger partial charge in [0.05, 0.1) is 11.1 Å². The van der Waals surface area contributed by atoms with Crippen LogP contribution in [0.2, 0.25) is 0 Å². The number of fused-ring (bicyclic) bond motifs is 4. The van der Waals surface area contributed by atoms with Crippen molar-refractivity contribution < 1.29 is 4.79 Å². The first-order valence-electron chi connectivity index (χ1n) is 9.60. The number of thiophene rings is 1. The fraction of sp³-hybridized carbons (Fsp3) is 0.333. The van der Waals surface area contributed by atoms with Crippen molar-refractivity contribution in [3.8, 4) is 0 Å². The third kappa shape index (κ3) is 2.46. The first-order valence-corrected chi connectivity index (χ1v) is 10.4. The Morgan fingerprint density at radius 3 is 2.75 bits per heavy atom. The van der Waals surface area contributed by atoms with Crippen LogP contribution in [0.25, 0.3) is 10.2 Å². The fourth-order valence-corrected chi connectivity index (χ4v) is 5.37. The standard InChI is InChI=1S/C21H20N4O2S/c1-12(2)25-15-9-5-3-7-13(15)18(21(25)27)23-24-11-22-19-17(20(24)26)14-8-4-6-10-16(14)28-19/h3,5,7,9,11-12H,4,6,8,10H2,1-2H3/b23-18+. The summed E-state index contributed by atoms with van der Waals surface area (Å²) in [5, 5.41) is 5.14. The SMILES string of the molecule is CC(C)N1C(=O)/C(=N/n2cnc3sc4c(c3c2=O)CCCC4)c2ccccc21. The number of hydrogen-bond acceptors (Lipinski definition) is 5. The summed E-state index contributed by atoms with van der Waals surface area (Å²) >= 11 is 1.61. The molecule has 3 heterocycles. The first-order chi connectivity index (χ1) is 13.6. The largest absolute Gasteiger partial charge is 0.304 e. The Bertz CT molecular complexity index is 1200. The van der Waals surface area contributed by atoms with E-state index in [2.05, 4.69) is 10.1 Å². The Balaban J connectivity index is 1.69. The van der Waals surface area contributed by atoms with Crippen LogP contribution in [0.4, 0.5) is 5.69 Å². The number of aromatic nitrogens is 2. The minimum absolute atomic E-state index is 0.00238. The highest BCUT2D eigenvalue weighted by Crippen LogP contribution is 2.34. The highest BCUT2D eigenvalue weighted by molar-refractivity contribution is 7.18. The number of hydrogen-bond donors (Lipinski definition) is 0. The molecular formula is C21H20N4O2S. The van der Waals surface area contributed by atoms with E-state index in [1.165, 1.54) is 15.9 Å². The predicted molar refractivity (Wildman–Crippen MR) is 112 cm³/mol. The maximum absolute atomic E-state index is 13.2. The molecule has 28 heavy (non-hydrogen) atoms. The average molecular weight is 392 g/mol. The third-order valence-corrected chi connectivity index (χ3v) is 6.62. The summed E-state index contributed by atoms with van der Waals surface area (Å²) < 4.78 is 1.23. The molecule has 0 spiro atoms. The molecule has 0 saturated heterocycles. The molecule has 0 N–H and O–H groups in total. The molecule has 1 aliphatic carbocycles. The quantitative estimate of drug-likeness (QED) is 0.672. The van der Waals surface area contributed by atoms with Crippen molar-refractivity contribution in [3.63, 3.8) is 0 Å². The number of para-hydroxylation sites is 1. The molecular weight excluding hydrogens is 372 g/mol. The zero-order valence-electron chi connectivity index (χ0n) is 15.8. The van der Waals surface area contributed by atoms with Gasteiger partial charge in [0, 0.05) is 16.5 Å². The van der Waals surface area contributed by atoms with E-state index in [9.17, 15) is 9.59 Å². The molecule has 1 aromatic carbocycles. The van der Waals surface area contributed by atoms with Gasteiger partial charge < -0.3 is 4.90 Å². The Morgan fingerprint density at radius 2 is 1.93 bits per heavy atom. The normalized spacial score (nSPS) is 17.6. The van der Waals surface area contributed by atoms with Crippen LogP contribution in [-0.2, 0) is 17.6 Å². The second-order valence-corrected chi connectivity index (χ2v) is 8.60. The van der Waals surface area contributed by atoms with E-state index in [1.54, 1.807) is 16.2 Å². The van der Waals surface area contributed by atoms with Crippen LogP contribution in [-0.4, -0.2) is 27.3 Å². The second-order valence-electron chi connectivity index (χ2n) is 7.52. The summed E-state index contributed by atoms with van der Waals surface area (Å²) in [4.78, 5) is 34.4. The second kappa shape index (κ2) is 6.38. The molecule has 5 rings (SSSR count). The summed E-state index contributed by atoms with van der Waals surface area (Å²) in [6, 6.07) is 7.57. The van der Waals surface area contributed by atoms with Gasteiger partial charge in [-0.1, -0.05) is 18.2 Å². The van der Waals surface area contributed by atoms with E-state index in [-0.39, 0.29) is 23.2 Å². The van der Waals surface area contributed by atoms with Gasteiger partial charge in [0.1, 0.15) is 11.2 Å². The van der Waals surface area contributed by atoms with Gasteiger partial charge in [-0.2, -0.15) is 9.78 Å². The van der Waals surface area contributed by atoms with Crippen LogP contribution < -0.4 is 10.5 Å². The molecule has 3 aromatic rings. The van der Waals surface area contributed by atoms with Crippen LogP contribution in [0, 0.1) is 0 Å². The van der Waals surface area contributed by atoms with Crippen molar-refractivity contribution in [3.05, 3.63) is 57.0 Å². The molecule has 1 amide bonds. The van der Waals surface area contributed by atoms with Gasteiger partial charge in [-0.25, -0.2) is 4.98 Å². The van der Waals surface area contributed by atoms with Crippen molar-refractivity contribution in [2.45, 2.75) is 45.6 Å². The van der Waals surface area contributed by atoms with Crippen molar-refractivity contribution in [2.75, 3.05) is 4.90 Å². The molecule has 2 aromatic heterocycles. The molecule has 142 valence electrons.